The Hall–Kier alpha value is -0.960. The normalized spacial score (nSPS) is 14.8. The van der Waals surface area contributed by atoms with Crippen molar-refractivity contribution in [3.63, 3.8) is 0 Å². The Labute approximate surface area is 100 Å². The predicted octanol–water partition coefficient (Wildman–Crippen LogP) is 3.16. The molecule has 1 saturated carbocycles. The van der Waals surface area contributed by atoms with Gasteiger partial charge in [0, 0.05) is 17.7 Å². The van der Waals surface area contributed by atoms with E-state index >= 15 is 0 Å². The van der Waals surface area contributed by atoms with Gasteiger partial charge in [0.25, 0.3) is 0 Å². The Bertz CT molecular complexity index is 372. The van der Waals surface area contributed by atoms with E-state index in [0.717, 1.165) is 29.9 Å². The van der Waals surface area contributed by atoms with E-state index in [0.29, 0.717) is 12.5 Å². The number of benzene rings is 1. The van der Waals surface area contributed by atoms with Gasteiger partial charge < -0.3 is 4.74 Å². The lowest BCUT2D eigenvalue weighted by atomic mass is 10.1. The van der Waals surface area contributed by atoms with Crippen molar-refractivity contribution in [2.75, 3.05) is 12.0 Å². The fourth-order valence-corrected chi connectivity index (χ4v) is 1.85. The zero-order valence-corrected chi connectivity index (χ0v) is 10.3. The third kappa shape index (κ3) is 3.27. The Kier molecular flexibility index (Phi) is 3.88. The molecule has 2 rings (SSSR count). The fourth-order valence-electron chi connectivity index (χ4n) is 1.46. The minimum absolute atomic E-state index is 0.204. The van der Waals surface area contributed by atoms with Crippen molar-refractivity contribution in [2.24, 2.45) is 0 Å². The first-order chi connectivity index (χ1) is 7.79. The van der Waals surface area contributed by atoms with Crippen LogP contribution in [0, 0.1) is 0 Å². The molecule has 0 unspecified atom stereocenters. The zero-order chi connectivity index (χ0) is 11.4. The third-order valence-electron chi connectivity index (χ3n) is 2.52. The molecule has 0 aliphatic heterocycles. The number of hydrogen-bond donors (Lipinski definition) is 0. The summed E-state index contributed by atoms with van der Waals surface area (Å²) >= 11 is 1.70. The third-order valence-corrected chi connectivity index (χ3v) is 3.13. The van der Waals surface area contributed by atoms with Crippen LogP contribution in [0.4, 0.5) is 0 Å². The largest absolute Gasteiger partial charge is 0.490 e. The van der Waals surface area contributed by atoms with Gasteiger partial charge in [-0.15, -0.1) is 0 Å². The molecular formula is C13H16O2S. The standard InChI is InChI=1S/C13H16O2S/c1-16-8-7-13(14)10-3-2-4-12(9-10)15-11-5-6-11/h2-4,9,11H,5-8H2,1H3. The second-order valence-electron chi connectivity index (χ2n) is 4.01. The molecule has 0 spiro atoms. The summed E-state index contributed by atoms with van der Waals surface area (Å²) in [5.74, 6) is 1.92. The van der Waals surface area contributed by atoms with Crippen LogP contribution >= 0.6 is 11.8 Å². The van der Waals surface area contributed by atoms with Crippen LogP contribution in [0.3, 0.4) is 0 Å². The Morgan fingerprint density at radius 1 is 1.50 bits per heavy atom. The van der Waals surface area contributed by atoms with E-state index in [9.17, 15) is 4.79 Å². The molecule has 0 saturated heterocycles. The average Bonchev–Trinajstić information content (AvgIpc) is 3.10. The highest BCUT2D eigenvalue weighted by Gasteiger charge is 2.23. The van der Waals surface area contributed by atoms with Gasteiger partial charge >= 0.3 is 0 Å². The molecule has 86 valence electrons. The minimum atomic E-state index is 0.204. The zero-order valence-electron chi connectivity index (χ0n) is 9.44. The number of rotatable bonds is 6. The van der Waals surface area contributed by atoms with Crippen LogP contribution in [0.25, 0.3) is 0 Å². The number of carbonyl (C=O) groups is 1. The van der Waals surface area contributed by atoms with Gasteiger partial charge in [0.15, 0.2) is 5.78 Å². The van der Waals surface area contributed by atoms with Gasteiger partial charge in [-0.25, -0.2) is 0 Å². The van der Waals surface area contributed by atoms with Crippen molar-refractivity contribution >= 4 is 17.5 Å². The molecule has 0 bridgehead atoms. The lowest BCUT2D eigenvalue weighted by Gasteiger charge is -2.06. The summed E-state index contributed by atoms with van der Waals surface area (Å²) in [6.45, 7) is 0. The summed E-state index contributed by atoms with van der Waals surface area (Å²) in [6.07, 6.45) is 5.29. The van der Waals surface area contributed by atoms with E-state index in [4.69, 9.17) is 4.74 Å². The Balaban J connectivity index is 1.99. The first-order valence-corrected chi connectivity index (χ1v) is 6.98. The molecule has 3 heteroatoms. The number of ether oxygens (including phenoxy) is 1. The van der Waals surface area contributed by atoms with Gasteiger partial charge in [-0.1, -0.05) is 12.1 Å². The molecule has 1 aliphatic rings. The van der Waals surface area contributed by atoms with Crippen LogP contribution in [0.5, 0.6) is 5.75 Å². The summed E-state index contributed by atoms with van der Waals surface area (Å²) < 4.78 is 5.66. The molecule has 1 fully saturated rings. The molecule has 0 aromatic heterocycles. The first-order valence-electron chi connectivity index (χ1n) is 5.58. The molecule has 0 N–H and O–H groups in total. The van der Waals surface area contributed by atoms with Crippen molar-refractivity contribution < 1.29 is 9.53 Å². The highest BCUT2D eigenvalue weighted by atomic mass is 32.2. The number of thioether (sulfide) groups is 1. The van der Waals surface area contributed by atoms with Gasteiger partial charge in [0.1, 0.15) is 5.75 Å². The monoisotopic (exact) mass is 236 g/mol. The van der Waals surface area contributed by atoms with E-state index in [1.165, 1.54) is 0 Å². The van der Waals surface area contributed by atoms with Crippen molar-refractivity contribution in [1.29, 1.82) is 0 Å². The topological polar surface area (TPSA) is 26.3 Å². The van der Waals surface area contributed by atoms with Crippen LogP contribution in [0.2, 0.25) is 0 Å². The van der Waals surface area contributed by atoms with E-state index in [-0.39, 0.29) is 5.78 Å². The van der Waals surface area contributed by atoms with Crippen molar-refractivity contribution in [3.05, 3.63) is 29.8 Å². The second-order valence-corrected chi connectivity index (χ2v) is 5.00. The Morgan fingerprint density at radius 2 is 2.31 bits per heavy atom. The summed E-state index contributed by atoms with van der Waals surface area (Å²) in [5.41, 5.74) is 0.771. The van der Waals surface area contributed by atoms with Gasteiger partial charge in [-0.3, -0.25) is 4.79 Å². The van der Waals surface area contributed by atoms with E-state index in [2.05, 4.69) is 0 Å². The quantitative estimate of drug-likeness (QED) is 0.710. The van der Waals surface area contributed by atoms with Crippen molar-refractivity contribution in [2.45, 2.75) is 25.4 Å². The minimum Gasteiger partial charge on any atom is -0.490 e. The predicted molar refractivity (Wildman–Crippen MR) is 67.4 cm³/mol. The number of ketones is 1. The number of hydrogen-bond acceptors (Lipinski definition) is 3. The molecule has 0 amide bonds. The molecule has 1 aliphatic carbocycles. The van der Waals surface area contributed by atoms with Crippen molar-refractivity contribution in [3.8, 4) is 5.75 Å². The second kappa shape index (κ2) is 5.39. The summed E-state index contributed by atoms with van der Waals surface area (Å²) in [4.78, 5) is 11.8. The maximum atomic E-state index is 11.8. The summed E-state index contributed by atoms with van der Waals surface area (Å²) in [5, 5.41) is 0. The van der Waals surface area contributed by atoms with Crippen LogP contribution in [-0.2, 0) is 0 Å². The maximum absolute atomic E-state index is 11.8. The molecule has 1 aromatic rings. The highest BCUT2D eigenvalue weighted by molar-refractivity contribution is 7.98. The molecule has 0 heterocycles. The van der Waals surface area contributed by atoms with Crippen LogP contribution < -0.4 is 4.74 Å². The van der Waals surface area contributed by atoms with E-state index < -0.39 is 0 Å². The van der Waals surface area contributed by atoms with E-state index in [1.807, 2.05) is 30.5 Å². The highest BCUT2D eigenvalue weighted by Crippen LogP contribution is 2.27. The maximum Gasteiger partial charge on any atom is 0.163 e. The Morgan fingerprint density at radius 3 is 3.00 bits per heavy atom. The van der Waals surface area contributed by atoms with Gasteiger partial charge in [-0.2, -0.15) is 11.8 Å². The van der Waals surface area contributed by atoms with Crippen molar-refractivity contribution in [1.82, 2.24) is 0 Å². The average molecular weight is 236 g/mol. The molecule has 16 heavy (non-hydrogen) atoms. The number of Topliss-reactive ketones (excluding diaryl/α,β-unsaturated/α-hetero) is 1. The first kappa shape index (κ1) is 11.5. The molecule has 2 nitrogen and oxygen atoms in total. The number of carbonyl (C=O) groups excluding carboxylic acids is 1. The van der Waals surface area contributed by atoms with Gasteiger partial charge in [0.2, 0.25) is 0 Å². The van der Waals surface area contributed by atoms with Crippen LogP contribution in [0.15, 0.2) is 24.3 Å². The van der Waals surface area contributed by atoms with E-state index in [1.54, 1.807) is 11.8 Å². The van der Waals surface area contributed by atoms with Crippen LogP contribution in [0.1, 0.15) is 29.6 Å². The molecular weight excluding hydrogens is 220 g/mol. The fraction of sp³-hybridized carbons (Fsp3) is 0.462. The molecule has 0 atom stereocenters. The lowest BCUT2D eigenvalue weighted by molar-refractivity contribution is 0.0989. The lowest BCUT2D eigenvalue weighted by Crippen LogP contribution is -2.02. The molecule has 1 aromatic carbocycles. The van der Waals surface area contributed by atoms with Gasteiger partial charge in [-0.05, 0) is 31.2 Å². The molecule has 0 radical (unpaired) electrons. The summed E-state index contributed by atoms with van der Waals surface area (Å²) in [6, 6.07) is 7.54. The van der Waals surface area contributed by atoms with Crippen LogP contribution in [-0.4, -0.2) is 23.9 Å². The smallest absolute Gasteiger partial charge is 0.163 e. The summed E-state index contributed by atoms with van der Waals surface area (Å²) in [7, 11) is 0. The van der Waals surface area contributed by atoms with Gasteiger partial charge in [0.05, 0.1) is 6.10 Å². The SMILES string of the molecule is CSCCC(=O)c1cccc(OC2CC2)c1.